The number of aryl methyl sites for hydroxylation is 1. The number of amides is 2. The molecule has 138 valence electrons. The summed E-state index contributed by atoms with van der Waals surface area (Å²) in [6.45, 7) is 4.07. The van der Waals surface area contributed by atoms with Gasteiger partial charge in [-0.05, 0) is 13.3 Å². The summed E-state index contributed by atoms with van der Waals surface area (Å²) in [6.07, 6.45) is 1.56. The number of ketones is 1. The van der Waals surface area contributed by atoms with E-state index in [1.807, 2.05) is 4.90 Å². The normalized spacial score (nSPS) is 27.9. The molecule has 3 atom stereocenters. The van der Waals surface area contributed by atoms with Crippen LogP contribution in [0.4, 0.5) is 0 Å². The van der Waals surface area contributed by atoms with Gasteiger partial charge in [0.2, 0.25) is 5.91 Å². The SMILES string of the molecule is Cc1nc(C(=O)N2C[C@@H]3CN(C(=O)C4CCC(=O)C4)C[C@@H]3C2)cc(=O)[nH]1. The molecule has 0 bridgehead atoms. The van der Waals surface area contributed by atoms with Crippen LogP contribution in [-0.4, -0.2) is 63.5 Å². The minimum atomic E-state index is -0.330. The number of carbonyl (C=O) groups excluding carboxylic acids is 3. The number of H-pyrrole nitrogens is 1. The lowest BCUT2D eigenvalue weighted by atomic mass is 10.0. The van der Waals surface area contributed by atoms with Crippen LogP contribution in [0.15, 0.2) is 10.9 Å². The smallest absolute Gasteiger partial charge is 0.272 e. The third kappa shape index (κ3) is 3.04. The van der Waals surface area contributed by atoms with Crippen LogP contribution in [0.5, 0.6) is 0 Å². The average molecular weight is 358 g/mol. The van der Waals surface area contributed by atoms with E-state index < -0.39 is 0 Å². The fraction of sp³-hybridized carbons (Fsp3) is 0.611. The van der Waals surface area contributed by atoms with E-state index in [0.717, 1.165) is 0 Å². The third-order valence-corrected chi connectivity index (χ3v) is 5.76. The van der Waals surface area contributed by atoms with Crippen LogP contribution in [0, 0.1) is 24.7 Å². The van der Waals surface area contributed by atoms with Crippen molar-refractivity contribution in [2.75, 3.05) is 26.2 Å². The zero-order chi connectivity index (χ0) is 18.4. The molecule has 2 aliphatic heterocycles. The highest BCUT2D eigenvalue weighted by Gasteiger charge is 2.45. The van der Waals surface area contributed by atoms with E-state index in [9.17, 15) is 19.2 Å². The number of nitrogens with one attached hydrogen (secondary N) is 1. The lowest BCUT2D eigenvalue weighted by Crippen LogP contribution is -2.38. The summed E-state index contributed by atoms with van der Waals surface area (Å²) in [5.74, 6) is 0.819. The number of fused-ring (bicyclic) bond motifs is 1. The largest absolute Gasteiger partial charge is 0.342 e. The Balaban J connectivity index is 1.39. The van der Waals surface area contributed by atoms with E-state index in [1.165, 1.54) is 6.07 Å². The maximum Gasteiger partial charge on any atom is 0.272 e. The van der Waals surface area contributed by atoms with Crippen LogP contribution >= 0.6 is 0 Å². The van der Waals surface area contributed by atoms with Crippen LogP contribution in [-0.2, 0) is 9.59 Å². The zero-order valence-electron chi connectivity index (χ0n) is 14.7. The molecule has 2 amide bonds. The molecule has 2 saturated heterocycles. The van der Waals surface area contributed by atoms with Crippen LogP contribution < -0.4 is 5.56 Å². The number of likely N-dealkylation sites (tertiary alicyclic amines) is 2. The van der Waals surface area contributed by atoms with Gasteiger partial charge in [-0.1, -0.05) is 0 Å². The molecule has 3 heterocycles. The quantitative estimate of drug-likeness (QED) is 0.800. The molecule has 1 aromatic heterocycles. The highest BCUT2D eigenvalue weighted by atomic mass is 16.2. The Morgan fingerprint density at radius 3 is 2.35 bits per heavy atom. The molecular weight excluding hydrogens is 336 g/mol. The van der Waals surface area contributed by atoms with Crippen LogP contribution in [0.1, 0.15) is 35.6 Å². The van der Waals surface area contributed by atoms with E-state index >= 15 is 0 Å². The number of hydrogen-bond acceptors (Lipinski definition) is 5. The first-order valence-corrected chi connectivity index (χ1v) is 9.08. The Morgan fingerprint density at radius 2 is 1.77 bits per heavy atom. The summed E-state index contributed by atoms with van der Waals surface area (Å²) in [4.78, 5) is 58.5. The summed E-state index contributed by atoms with van der Waals surface area (Å²) >= 11 is 0. The predicted octanol–water partition coefficient (Wildman–Crippen LogP) is -0.0221. The van der Waals surface area contributed by atoms with Crippen molar-refractivity contribution in [1.82, 2.24) is 19.8 Å². The lowest BCUT2D eigenvalue weighted by Gasteiger charge is -2.23. The number of aromatic nitrogens is 2. The monoisotopic (exact) mass is 358 g/mol. The molecule has 0 spiro atoms. The second-order valence-electron chi connectivity index (χ2n) is 7.67. The Morgan fingerprint density at radius 1 is 1.12 bits per heavy atom. The van der Waals surface area contributed by atoms with Crippen molar-refractivity contribution < 1.29 is 14.4 Å². The Hall–Kier alpha value is -2.51. The van der Waals surface area contributed by atoms with Gasteiger partial charge in [0.05, 0.1) is 0 Å². The fourth-order valence-corrected chi connectivity index (χ4v) is 4.47. The summed E-state index contributed by atoms with van der Waals surface area (Å²) in [6, 6.07) is 1.23. The molecule has 0 radical (unpaired) electrons. The zero-order valence-corrected chi connectivity index (χ0v) is 14.7. The van der Waals surface area contributed by atoms with Crippen molar-refractivity contribution in [3.05, 3.63) is 27.9 Å². The molecule has 1 aliphatic carbocycles. The molecule has 8 heteroatoms. The molecule has 1 N–H and O–H groups in total. The fourth-order valence-electron chi connectivity index (χ4n) is 4.47. The molecule has 3 aliphatic rings. The standard InChI is InChI=1S/C18H22N4O4/c1-10-19-15(5-16(24)20-10)18(26)22-8-12-6-21(7-13(12)9-22)17(25)11-2-3-14(23)4-11/h5,11-13H,2-4,6-9H2,1H3,(H,19,20,24)/t11?,12-,13+. The summed E-state index contributed by atoms with van der Waals surface area (Å²) in [5.41, 5.74) is -0.160. The third-order valence-electron chi connectivity index (χ3n) is 5.76. The van der Waals surface area contributed by atoms with Gasteiger partial charge in [-0.2, -0.15) is 0 Å². The molecular formula is C18H22N4O4. The number of aromatic amines is 1. The van der Waals surface area contributed by atoms with E-state index in [4.69, 9.17) is 0 Å². The summed E-state index contributed by atoms with van der Waals surface area (Å²) in [5, 5.41) is 0. The molecule has 1 aromatic rings. The van der Waals surface area contributed by atoms with Gasteiger partial charge >= 0.3 is 0 Å². The van der Waals surface area contributed by atoms with Gasteiger partial charge in [0.25, 0.3) is 11.5 Å². The Bertz CT molecular complexity index is 819. The molecule has 3 fully saturated rings. The lowest BCUT2D eigenvalue weighted by molar-refractivity contribution is -0.135. The van der Waals surface area contributed by atoms with Crippen LogP contribution in [0.25, 0.3) is 0 Å². The van der Waals surface area contributed by atoms with Gasteiger partial charge in [0.1, 0.15) is 17.3 Å². The van der Waals surface area contributed by atoms with E-state index in [2.05, 4.69) is 9.97 Å². The van der Waals surface area contributed by atoms with Crippen molar-refractivity contribution in [2.45, 2.75) is 26.2 Å². The van der Waals surface area contributed by atoms with Crippen molar-refractivity contribution in [2.24, 2.45) is 17.8 Å². The number of Topliss-reactive ketones (excluding diaryl/α,β-unsaturated/α-hetero) is 1. The first-order chi connectivity index (χ1) is 12.4. The summed E-state index contributed by atoms with van der Waals surface area (Å²) < 4.78 is 0. The van der Waals surface area contributed by atoms with E-state index in [-0.39, 0.29) is 46.6 Å². The van der Waals surface area contributed by atoms with Gasteiger partial charge in [-0.25, -0.2) is 4.98 Å². The highest BCUT2D eigenvalue weighted by molar-refractivity contribution is 5.92. The second kappa shape index (κ2) is 6.34. The van der Waals surface area contributed by atoms with Gasteiger partial charge < -0.3 is 14.8 Å². The maximum atomic E-state index is 12.6. The van der Waals surface area contributed by atoms with Gasteiger partial charge in [0.15, 0.2) is 0 Å². The Kier molecular flexibility index (Phi) is 4.13. The predicted molar refractivity (Wildman–Crippen MR) is 91.4 cm³/mol. The minimum absolute atomic E-state index is 0.0926. The number of rotatable bonds is 2. The van der Waals surface area contributed by atoms with Crippen LogP contribution in [0.2, 0.25) is 0 Å². The minimum Gasteiger partial charge on any atom is -0.342 e. The second-order valence-corrected chi connectivity index (χ2v) is 7.67. The van der Waals surface area contributed by atoms with Crippen molar-refractivity contribution in [3.8, 4) is 0 Å². The van der Waals surface area contributed by atoms with Gasteiger partial charge in [-0.15, -0.1) is 0 Å². The molecule has 4 rings (SSSR count). The maximum absolute atomic E-state index is 12.6. The molecule has 26 heavy (non-hydrogen) atoms. The van der Waals surface area contributed by atoms with Crippen molar-refractivity contribution >= 4 is 17.6 Å². The topological polar surface area (TPSA) is 103 Å². The first kappa shape index (κ1) is 16.9. The van der Waals surface area contributed by atoms with E-state index in [1.54, 1.807) is 11.8 Å². The molecule has 8 nitrogen and oxygen atoms in total. The number of hydrogen-bond donors (Lipinski definition) is 1. The highest BCUT2D eigenvalue weighted by Crippen LogP contribution is 2.34. The average Bonchev–Trinajstić information content (AvgIpc) is 3.26. The van der Waals surface area contributed by atoms with E-state index in [0.29, 0.717) is 51.3 Å². The number of nitrogens with zero attached hydrogens (tertiary/aromatic N) is 3. The van der Waals surface area contributed by atoms with Gasteiger partial charge in [0, 0.05) is 62.8 Å². The van der Waals surface area contributed by atoms with Crippen molar-refractivity contribution in [1.29, 1.82) is 0 Å². The van der Waals surface area contributed by atoms with Gasteiger partial charge in [-0.3, -0.25) is 19.2 Å². The van der Waals surface area contributed by atoms with Crippen LogP contribution in [0.3, 0.4) is 0 Å². The Labute approximate surface area is 150 Å². The molecule has 1 unspecified atom stereocenters. The molecule has 0 aromatic carbocycles. The summed E-state index contributed by atoms with van der Waals surface area (Å²) in [7, 11) is 0. The van der Waals surface area contributed by atoms with Crippen molar-refractivity contribution in [3.63, 3.8) is 0 Å². The first-order valence-electron chi connectivity index (χ1n) is 9.08. The number of carbonyl (C=O) groups is 3. The molecule has 1 saturated carbocycles.